The van der Waals surface area contributed by atoms with Gasteiger partial charge in [-0.05, 0) is 19.8 Å². The normalized spacial score (nSPS) is 12.7. The molecule has 1 unspecified atom stereocenters. The molecule has 0 aliphatic heterocycles. The van der Waals surface area contributed by atoms with Crippen molar-refractivity contribution in [2.24, 2.45) is 0 Å². The molecule has 0 aliphatic rings. The molecule has 65 valence electrons. The molecule has 1 atom stereocenters. The third-order valence-electron chi connectivity index (χ3n) is 1.91. The third-order valence-corrected chi connectivity index (χ3v) is 1.91. The van der Waals surface area contributed by atoms with Gasteiger partial charge < -0.3 is 4.90 Å². The lowest BCUT2D eigenvalue weighted by Gasteiger charge is -2.26. The van der Waals surface area contributed by atoms with E-state index in [0.29, 0.717) is 6.04 Å². The molecule has 0 saturated heterocycles. The Morgan fingerprint density at radius 3 is 2.36 bits per heavy atom. The van der Waals surface area contributed by atoms with Gasteiger partial charge in [-0.25, -0.2) is 0 Å². The first-order chi connectivity index (χ1) is 5.13. The predicted molar refractivity (Wildman–Crippen MR) is 47.1 cm³/mol. The van der Waals surface area contributed by atoms with E-state index in [4.69, 9.17) is 0 Å². The van der Waals surface area contributed by atoms with Crippen molar-refractivity contribution in [3.8, 4) is 0 Å². The molecule has 0 aliphatic carbocycles. The van der Waals surface area contributed by atoms with Crippen molar-refractivity contribution in [1.29, 1.82) is 0 Å². The van der Waals surface area contributed by atoms with Gasteiger partial charge in [0.15, 0.2) is 0 Å². The van der Waals surface area contributed by atoms with E-state index in [0.717, 1.165) is 19.4 Å². The Balaban J connectivity index is 3.97. The van der Waals surface area contributed by atoms with Crippen molar-refractivity contribution in [3.05, 3.63) is 6.92 Å². The molecule has 11 heavy (non-hydrogen) atoms. The summed E-state index contributed by atoms with van der Waals surface area (Å²) in [6.07, 6.45) is 2.01. The minimum Gasteiger partial charge on any atom is -0.340 e. The van der Waals surface area contributed by atoms with E-state index in [9.17, 15) is 4.79 Å². The number of carbonyl (C=O) groups is 1. The van der Waals surface area contributed by atoms with E-state index in [1.165, 1.54) is 0 Å². The molecule has 0 aromatic rings. The molecule has 0 bridgehead atoms. The van der Waals surface area contributed by atoms with Crippen molar-refractivity contribution < 1.29 is 4.79 Å². The lowest BCUT2D eigenvalue weighted by atomic mass is 10.2. The van der Waals surface area contributed by atoms with E-state index in [2.05, 4.69) is 27.7 Å². The number of nitrogens with zero attached hydrogens (tertiary/aromatic N) is 1. The highest BCUT2D eigenvalue weighted by Crippen LogP contribution is 2.03. The van der Waals surface area contributed by atoms with Crippen LogP contribution in [0.5, 0.6) is 0 Å². The van der Waals surface area contributed by atoms with Crippen molar-refractivity contribution in [2.45, 2.75) is 39.7 Å². The summed E-state index contributed by atoms with van der Waals surface area (Å²) in [5.41, 5.74) is 0. The van der Waals surface area contributed by atoms with E-state index < -0.39 is 0 Å². The maximum absolute atomic E-state index is 10.9. The maximum Gasteiger partial charge on any atom is 0.223 e. The lowest BCUT2D eigenvalue weighted by molar-refractivity contribution is -0.128. The van der Waals surface area contributed by atoms with Crippen LogP contribution in [0.3, 0.4) is 0 Å². The van der Waals surface area contributed by atoms with Gasteiger partial charge in [0.1, 0.15) is 0 Å². The third kappa shape index (κ3) is 3.40. The average Bonchev–Trinajstić information content (AvgIpc) is 1.98. The van der Waals surface area contributed by atoms with Gasteiger partial charge in [0.25, 0.3) is 0 Å². The van der Waals surface area contributed by atoms with Gasteiger partial charge in [-0.1, -0.05) is 13.8 Å². The first-order valence-electron chi connectivity index (χ1n) is 4.26. The average molecular weight is 156 g/mol. The number of rotatable bonds is 4. The first kappa shape index (κ1) is 10.5. The molecule has 2 heteroatoms. The van der Waals surface area contributed by atoms with Crippen LogP contribution in [0.4, 0.5) is 0 Å². The highest BCUT2D eigenvalue weighted by Gasteiger charge is 2.12. The number of hydrogen-bond donors (Lipinski definition) is 0. The number of amides is 1. The Kier molecular flexibility index (Phi) is 4.92. The van der Waals surface area contributed by atoms with Crippen molar-refractivity contribution >= 4 is 5.91 Å². The summed E-state index contributed by atoms with van der Waals surface area (Å²) in [4.78, 5) is 12.8. The molecule has 0 aromatic carbocycles. The molecule has 0 heterocycles. The zero-order chi connectivity index (χ0) is 8.85. The van der Waals surface area contributed by atoms with Crippen LogP contribution in [0.15, 0.2) is 0 Å². The van der Waals surface area contributed by atoms with Crippen LogP contribution >= 0.6 is 0 Å². The standard InChI is InChI=1S/C9H18NO/c1-5-7-10(9(4)11)8(3)6-2/h8H,4-7H2,1-3H3. The first-order valence-corrected chi connectivity index (χ1v) is 4.26. The minimum absolute atomic E-state index is 0.0544. The Hall–Kier alpha value is -0.530. The summed E-state index contributed by atoms with van der Waals surface area (Å²) in [6, 6.07) is 0.333. The summed E-state index contributed by atoms with van der Waals surface area (Å²) in [6.45, 7) is 10.4. The molecule has 0 rings (SSSR count). The largest absolute Gasteiger partial charge is 0.340 e. The van der Waals surface area contributed by atoms with Crippen LogP contribution in [-0.2, 0) is 4.79 Å². The molecule has 0 aromatic heterocycles. The van der Waals surface area contributed by atoms with Crippen LogP contribution < -0.4 is 0 Å². The molecule has 1 radical (unpaired) electrons. The zero-order valence-corrected chi connectivity index (χ0v) is 7.76. The van der Waals surface area contributed by atoms with E-state index in [1.807, 2.05) is 4.90 Å². The highest BCUT2D eigenvalue weighted by atomic mass is 16.2. The van der Waals surface area contributed by atoms with Crippen LogP contribution in [0, 0.1) is 6.92 Å². The van der Waals surface area contributed by atoms with Gasteiger partial charge in [0.2, 0.25) is 5.91 Å². The van der Waals surface area contributed by atoms with Gasteiger partial charge in [-0.15, -0.1) is 0 Å². The summed E-state index contributed by atoms with van der Waals surface area (Å²) in [5.74, 6) is -0.0544. The molecule has 0 fully saturated rings. The Bertz CT molecular complexity index is 123. The lowest BCUT2D eigenvalue weighted by Crippen LogP contribution is -2.37. The summed E-state index contributed by atoms with van der Waals surface area (Å²) in [7, 11) is 0. The number of hydrogen-bond acceptors (Lipinski definition) is 1. The topological polar surface area (TPSA) is 20.3 Å². The predicted octanol–water partition coefficient (Wildman–Crippen LogP) is 1.86. The summed E-state index contributed by atoms with van der Waals surface area (Å²) < 4.78 is 0. The van der Waals surface area contributed by atoms with Crippen LogP contribution in [0.1, 0.15) is 33.6 Å². The molecule has 1 amide bonds. The van der Waals surface area contributed by atoms with Crippen molar-refractivity contribution in [3.63, 3.8) is 0 Å². The monoisotopic (exact) mass is 156 g/mol. The fraction of sp³-hybridized carbons (Fsp3) is 0.778. The van der Waals surface area contributed by atoms with E-state index in [-0.39, 0.29) is 5.91 Å². The molecular weight excluding hydrogens is 138 g/mol. The summed E-state index contributed by atoms with van der Waals surface area (Å²) in [5, 5.41) is 0. The quantitative estimate of drug-likeness (QED) is 0.608. The Labute approximate surface area is 69.6 Å². The smallest absolute Gasteiger partial charge is 0.223 e. The fourth-order valence-corrected chi connectivity index (χ4v) is 1.05. The fourth-order valence-electron chi connectivity index (χ4n) is 1.05. The van der Waals surface area contributed by atoms with Crippen LogP contribution in [-0.4, -0.2) is 23.4 Å². The van der Waals surface area contributed by atoms with Crippen molar-refractivity contribution in [2.75, 3.05) is 6.54 Å². The second kappa shape index (κ2) is 5.16. The minimum atomic E-state index is -0.0544. The van der Waals surface area contributed by atoms with Gasteiger partial charge in [0.05, 0.1) is 0 Å². The van der Waals surface area contributed by atoms with Gasteiger partial charge in [0, 0.05) is 19.5 Å². The highest BCUT2D eigenvalue weighted by molar-refractivity contribution is 5.80. The van der Waals surface area contributed by atoms with Gasteiger partial charge in [-0.2, -0.15) is 0 Å². The van der Waals surface area contributed by atoms with E-state index in [1.54, 1.807) is 0 Å². The van der Waals surface area contributed by atoms with Crippen LogP contribution in [0.25, 0.3) is 0 Å². The maximum atomic E-state index is 10.9. The molecular formula is C9H18NO. The molecule has 0 spiro atoms. The molecule has 0 saturated carbocycles. The molecule has 0 N–H and O–H groups in total. The van der Waals surface area contributed by atoms with Gasteiger partial charge >= 0.3 is 0 Å². The second-order valence-electron chi connectivity index (χ2n) is 2.84. The van der Waals surface area contributed by atoms with E-state index >= 15 is 0 Å². The summed E-state index contributed by atoms with van der Waals surface area (Å²) >= 11 is 0. The number of carbonyl (C=O) groups excluding carboxylic acids is 1. The zero-order valence-electron chi connectivity index (χ0n) is 7.76. The molecule has 2 nitrogen and oxygen atoms in total. The SMILES string of the molecule is [CH2]C(=O)N(CCC)C(C)CC. The van der Waals surface area contributed by atoms with Crippen molar-refractivity contribution in [1.82, 2.24) is 4.90 Å². The van der Waals surface area contributed by atoms with Crippen LogP contribution in [0.2, 0.25) is 0 Å². The second-order valence-corrected chi connectivity index (χ2v) is 2.84. The van der Waals surface area contributed by atoms with Gasteiger partial charge in [-0.3, -0.25) is 4.79 Å². The Morgan fingerprint density at radius 2 is 2.09 bits per heavy atom. The Morgan fingerprint density at radius 1 is 1.55 bits per heavy atom.